The largest absolute Gasteiger partial charge is 1.00 e. The normalized spacial score (nSPS) is 13.9. The summed E-state index contributed by atoms with van der Waals surface area (Å²) in [7, 11) is 1.91. The van der Waals surface area contributed by atoms with Crippen molar-refractivity contribution in [3.63, 3.8) is 0 Å². The smallest absolute Gasteiger partial charge is 0.125 e. The minimum atomic E-state index is 0. The van der Waals surface area contributed by atoms with E-state index < -0.39 is 0 Å². The van der Waals surface area contributed by atoms with Crippen molar-refractivity contribution < 1.29 is 31.9 Å². The SMILES string of the molecule is C=C1[N]C=CN1C.[Cl-].[Zn]. The monoisotopic (exact) mass is 194 g/mol. The Labute approximate surface area is 74.2 Å². The first-order valence-electron chi connectivity index (χ1n) is 2.10. The second-order valence-electron chi connectivity index (χ2n) is 1.45. The fraction of sp³-hybridized carbons (Fsp3) is 0.200. The van der Waals surface area contributed by atoms with Crippen molar-refractivity contribution >= 4 is 0 Å². The van der Waals surface area contributed by atoms with Gasteiger partial charge >= 0.3 is 0 Å². The van der Waals surface area contributed by atoms with E-state index in [9.17, 15) is 0 Å². The molecular formula is C5H7ClN2Zn-. The average molecular weight is 196 g/mol. The Bertz CT molecular complexity index is 124. The van der Waals surface area contributed by atoms with Gasteiger partial charge in [0.1, 0.15) is 5.82 Å². The molecule has 0 aromatic heterocycles. The third-order valence-corrected chi connectivity index (χ3v) is 0.921. The number of rotatable bonds is 0. The number of hydrogen-bond donors (Lipinski definition) is 0. The van der Waals surface area contributed by atoms with E-state index in [1.54, 1.807) is 6.20 Å². The van der Waals surface area contributed by atoms with Crippen LogP contribution in [-0.2, 0) is 19.5 Å². The zero-order valence-corrected chi connectivity index (χ0v) is 9.06. The van der Waals surface area contributed by atoms with E-state index in [2.05, 4.69) is 11.9 Å². The summed E-state index contributed by atoms with van der Waals surface area (Å²) in [5.41, 5.74) is 0. The van der Waals surface area contributed by atoms with Crippen LogP contribution in [0, 0.1) is 0 Å². The van der Waals surface area contributed by atoms with Gasteiger partial charge in [-0.2, -0.15) is 0 Å². The van der Waals surface area contributed by atoms with Gasteiger partial charge in [0.05, 0.1) is 0 Å². The van der Waals surface area contributed by atoms with Crippen LogP contribution in [0.1, 0.15) is 0 Å². The Morgan fingerprint density at radius 2 is 2.22 bits per heavy atom. The topological polar surface area (TPSA) is 17.3 Å². The molecular weight excluding hydrogens is 189 g/mol. The zero-order valence-electron chi connectivity index (χ0n) is 5.34. The minimum Gasteiger partial charge on any atom is -1.00 e. The average Bonchev–Trinajstić information content (AvgIpc) is 1.91. The first kappa shape index (κ1) is 11.7. The third kappa shape index (κ3) is 2.88. The molecule has 9 heavy (non-hydrogen) atoms. The van der Waals surface area contributed by atoms with Gasteiger partial charge in [-0.25, -0.2) is 5.32 Å². The van der Waals surface area contributed by atoms with E-state index in [1.165, 1.54) is 0 Å². The van der Waals surface area contributed by atoms with Crippen LogP contribution in [0.25, 0.3) is 0 Å². The minimum absolute atomic E-state index is 0. The molecule has 47 valence electrons. The number of halogens is 1. The summed E-state index contributed by atoms with van der Waals surface area (Å²) in [4.78, 5) is 1.86. The van der Waals surface area contributed by atoms with Gasteiger partial charge in [-0.1, -0.05) is 6.58 Å². The van der Waals surface area contributed by atoms with Gasteiger partial charge in [0.25, 0.3) is 0 Å². The molecule has 4 heteroatoms. The van der Waals surface area contributed by atoms with Crippen LogP contribution in [-0.4, -0.2) is 11.9 Å². The van der Waals surface area contributed by atoms with E-state index in [4.69, 9.17) is 0 Å². The molecule has 1 aliphatic rings. The van der Waals surface area contributed by atoms with Crippen LogP contribution in [0.2, 0.25) is 0 Å². The molecule has 0 spiro atoms. The molecule has 1 radical (unpaired) electrons. The summed E-state index contributed by atoms with van der Waals surface area (Å²) in [5, 5.41) is 3.87. The molecule has 2 nitrogen and oxygen atoms in total. The summed E-state index contributed by atoms with van der Waals surface area (Å²) in [6, 6.07) is 0. The fourth-order valence-corrected chi connectivity index (χ4v) is 0.396. The number of hydrogen-bond acceptors (Lipinski definition) is 1. The standard InChI is InChI=1S/C5H7N2.ClH.Zn/c1-5-6-3-4-7(5)2;;/h3-4H,1H2,2H3;1H;/p-1. The molecule has 0 aromatic carbocycles. The molecule has 0 saturated heterocycles. The Hall–Kier alpha value is -0.00662. The van der Waals surface area contributed by atoms with Crippen LogP contribution >= 0.6 is 0 Å². The summed E-state index contributed by atoms with van der Waals surface area (Å²) in [6.45, 7) is 3.63. The molecule has 0 unspecified atom stereocenters. The number of nitrogens with zero attached hydrogens (tertiary/aromatic N) is 2. The summed E-state index contributed by atoms with van der Waals surface area (Å²) in [5.74, 6) is 0.806. The fourth-order valence-electron chi connectivity index (χ4n) is 0.396. The molecule has 0 N–H and O–H groups in total. The Balaban J connectivity index is 0. The molecule has 0 aliphatic carbocycles. The summed E-state index contributed by atoms with van der Waals surface area (Å²) >= 11 is 0. The van der Waals surface area contributed by atoms with Crippen molar-refractivity contribution in [2.24, 2.45) is 0 Å². The maximum atomic E-state index is 3.87. The van der Waals surface area contributed by atoms with Gasteiger partial charge in [0.2, 0.25) is 0 Å². The van der Waals surface area contributed by atoms with Crippen LogP contribution < -0.4 is 17.7 Å². The maximum Gasteiger partial charge on any atom is 0.125 e. The maximum absolute atomic E-state index is 3.87. The van der Waals surface area contributed by atoms with E-state index >= 15 is 0 Å². The van der Waals surface area contributed by atoms with E-state index in [0.29, 0.717) is 0 Å². The van der Waals surface area contributed by atoms with Crippen molar-refractivity contribution in [1.29, 1.82) is 0 Å². The van der Waals surface area contributed by atoms with Gasteiger partial charge < -0.3 is 17.3 Å². The first-order chi connectivity index (χ1) is 3.30. The van der Waals surface area contributed by atoms with Gasteiger partial charge in [-0.05, 0) is 0 Å². The molecule has 0 fully saturated rings. The van der Waals surface area contributed by atoms with Crippen molar-refractivity contribution in [3.05, 3.63) is 24.8 Å². The van der Waals surface area contributed by atoms with Crippen LogP contribution in [0.4, 0.5) is 0 Å². The van der Waals surface area contributed by atoms with Crippen LogP contribution in [0.5, 0.6) is 0 Å². The summed E-state index contributed by atoms with van der Waals surface area (Å²) in [6.07, 6.45) is 3.59. The second kappa shape index (κ2) is 4.83. The van der Waals surface area contributed by atoms with Crippen molar-refractivity contribution in [2.45, 2.75) is 0 Å². The predicted octanol–water partition coefficient (Wildman–Crippen LogP) is -2.52. The molecule has 1 aliphatic heterocycles. The van der Waals surface area contributed by atoms with Crippen LogP contribution in [0.3, 0.4) is 0 Å². The molecule has 0 saturated carbocycles. The summed E-state index contributed by atoms with van der Waals surface area (Å²) < 4.78 is 0. The van der Waals surface area contributed by atoms with Crippen LogP contribution in [0.15, 0.2) is 24.8 Å². The predicted molar refractivity (Wildman–Crippen MR) is 28.2 cm³/mol. The molecule has 0 atom stereocenters. The van der Waals surface area contributed by atoms with Crippen molar-refractivity contribution in [1.82, 2.24) is 10.2 Å². The molecule has 0 amide bonds. The molecule has 0 aromatic rings. The molecule has 1 rings (SSSR count). The Kier molecular flexibility index (Phi) is 6.31. The second-order valence-corrected chi connectivity index (χ2v) is 1.45. The third-order valence-electron chi connectivity index (χ3n) is 0.921. The van der Waals surface area contributed by atoms with Gasteiger partial charge in [-0.3, -0.25) is 0 Å². The quantitative estimate of drug-likeness (QED) is 0.391. The van der Waals surface area contributed by atoms with E-state index in [-0.39, 0.29) is 31.9 Å². The molecule has 1 heterocycles. The first-order valence-corrected chi connectivity index (χ1v) is 2.10. The van der Waals surface area contributed by atoms with Gasteiger partial charge in [0.15, 0.2) is 0 Å². The van der Waals surface area contributed by atoms with E-state index in [1.807, 2.05) is 18.1 Å². The van der Waals surface area contributed by atoms with Crippen molar-refractivity contribution in [2.75, 3.05) is 7.05 Å². The van der Waals surface area contributed by atoms with Crippen molar-refractivity contribution in [3.8, 4) is 0 Å². The van der Waals surface area contributed by atoms with E-state index in [0.717, 1.165) is 5.82 Å². The molecule has 0 bridgehead atoms. The Morgan fingerprint density at radius 1 is 1.67 bits per heavy atom. The van der Waals surface area contributed by atoms with Gasteiger partial charge in [0, 0.05) is 38.9 Å². The Morgan fingerprint density at radius 3 is 2.33 bits per heavy atom. The van der Waals surface area contributed by atoms with Gasteiger partial charge in [-0.15, -0.1) is 0 Å². The zero-order chi connectivity index (χ0) is 5.28.